The van der Waals surface area contributed by atoms with Crippen LogP contribution in [0.1, 0.15) is 39.0 Å². The second-order valence-electron chi connectivity index (χ2n) is 6.98. The Labute approximate surface area is 122 Å². The van der Waals surface area contributed by atoms with Crippen LogP contribution in [0.25, 0.3) is 0 Å². The number of piperidine rings is 2. The van der Waals surface area contributed by atoms with Gasteiger partial charge in [0.15, 0.2) is 0 Å². The Balaban J connectivity index is 1.53. The summed E-state index contributed by atoms with van der Waals surface area (Å²) < 4.78 is 0. The fraction of sp³-hybridized carbons (Fsp3) is 0.938. The van der Waals surface area contributed by atoms with Crippen LogP contribution in [0.5, 0.6) is 0 Å². The number of carbonyl (C=O) groups is 1. The summed E-state index contributed by atoms with van der Waals surface area (Å²) in [5.41, 5.74) is 0.376. The highest BCUT2D eigenvalue weighted by molar-refractivity contribution is 5.82. The Morgan fingerprint density at radius 2 is 1.95 bits per heavy atom. The number of nitrogens with zero attached hydrogens (tertiary/aromatic N) is 2. The van der Waals surface area contributed by atoms with Crippen LogP contribution >= 0.6 is 0 Å². The van der Waals surface area contributed by atoms with Gasteiger partial charge in [0, 0.05) is 32.1 Å². The van der Waals surface area contributed by atoms with E-state index in [-0.39, 0.29) is 0 Å². The van der Waals surface area contributed by atoms with E-state index in [0.717, 1.165) is 52.0 Å². The van der Waals surface area contributed by atoms with E-state index in [0.29, 0.717) is 23.3 Å². The molecule has 0 bridgehead atoms. The summed E-state index contributed by atoms with van der Waals surface area (Å²) in [6.07, 6.45) is 5.84. The number of hydrogen-bond donors (Lipinski definition) is 1. The number of rotatable bonds is 3. The van der Waals surface area contributed by atoms with Crippen molar-refractivity contribution in [2.45, 2.75) is 45.1 Å². The first kappa shape index (κ1) is 14.3. The summed E-state index contributed by atoms with van der Waals surface area (Å²) in [7, 11) is 2.04. The molecule has 4 nitrogen and oxygen atoms in total. The highest BCUT2D eigenvalue weighted by Crippen LogP contribution is 2.59. The van der Waals surface area contributed by atoms with Gasteiger partial charge >= 0.3 is 0 Å². The third kappa shape index (κ3) is 2.60. The van der Waals surface area contributed by atoms with Crippen LogP contribution in [0.2, 0.25) is 0 Å². The average Bonchev–Trinajstić information content (AvgIpc) is 3.19. The van der Waals surface area contributed by atoms with Gasteiger partial charge in [-0.1, -0.05) is 6.92 Å². The van der Waals surface area contributed by atoms with E-state index in [1.807, 2.05) is 7.05 Å². The summed E-state index contributed by atoms with van der Waals surface area (Å²) in [6.45, 7) is 7.87. The van der Waals surface area contributed by atoms with Gasteiger partial charge in [0.25, 0.3) is 0 Å². The first-order valence-electron chi connectivity index (χ1n) is 8.36. The summed E-state index contributed by atoms with van der Waals surface area (Å²) in [4.78, 5) is 17.3. The van der Waals surface area contributed by atoms with Gasteiger partial charge in [-0.25, -0.2) is 0 Å². The van der Waals surface area contributed by atoms with Crippen LogP contribution in [-0.4, -0.2) is 61.5 Å². The van der Waals surface area contributed by atoms with Crippen LogP contribution in [-0.2, 0) is 4.79 Å². The predicted molar refractivity (Wildman–Crippen MR) is 80.5 cm³/mol. The van der Waals surface area contributed by atoms with E-state index < -0.39 is 0 Å². The molecule has 1 aliphatic carbocycles. The van der Waals surface area contributed by atoms with Crippen LogP contribution in [0, 0.1) is 11.3 Å². The van der Waals surface area contributed by atoms with Crippen molar-refractivity contribution in [3.63, 3.8) is 0 Å². The van der Waals surface area contributed by atoms with Gasteiger partial charge in [0.1, 0.15) is 0 Å². The lowest BCUT2D eigenvalue weighted by molar-refractivity contribution is -0.135. The van der Waals surface area contributed by atoms with Crippen molar-refractivity contribution in [1.29, 1.82) is 0 Å². The first-order valence-corrected chi connectivity index (χ1v) is 8.36. The molecule has 1 atom stereocenters. The first-order chi connectivity index (χ1) is 9.66. The molecule has 0 aromatic rings. The van der Waals surface area contributed by atoms with Crippen molar-refractivity contribution < 1.29 is 4.79 Å². The predicted octanol–water partition coefficient (Wildman–Crippen LogP) is 1.32. The lowest BCUT2D eigenvalue weighted by Crippen LogP contribution is -2.46. The van der Waals surface area contributed by atoms with Crippen molar-refractivity contribution in [1.82, 2.24) is 15.1 Å². The van der Waals surface area contributed by atoms with E-state index in [4.69, 9.17) is 0 Å². The number of amides is 1. The fourth-order valence-corrected chi connectivity index (χ4v) is 4.22. The highest BCUT2D eigenvalue weighted by atomic mass is 16.2. The minimum absolute atomic E-state index is 0.332. The summed E-state index contributed by atoms with van der Waals surface area (Å²) >= 11 is 0. The monoisotopic (exact) mass is 279 g/mol. The zero-order valence-corrected chi connectivity index (χ0v) is 13.0. The van der Waals surface area contributed by atoms with Crippen molar-refractivity contribution >= 4 is 5.91 Å². The van der Waals surface area contributed by atoms with E-state index in [1.54, 1.807) is 0 Å². The minimum Gasteiger partial charge on any atom is -0.342 e. The van der Waals surface area contributed by atoms with Gasteiger partial charge in [-0.05, 0) is 57.2 Å². The molecule has 114 valence electrons. The van der Waals surface area contributed by atoms with Gasteiger partial charge in [-0.2, -0.15) is 0 Å². The molecule has 20 heavy (non-hydrogen) atoms. The zero-order valence-electron chi connectivity index (χ0n) is 13.0. The Morgan fingerprint density at radius 3 is 2.55 bits per heavy atom. The maximum absolute atomic E-state index is 12.7. The molecule has 1 unspecified atom stereocenters. The van der Waals surface area contributed by atoms with Crippen LogP contribution in [0.3, 0.4) is 0 Å². The Morgan fingerprint density at radius 1 is 1.30 bits per heavy atom. The van der Waals surface area contributed by atoms with Crippen LogP contribution in [0.4, 0.5) is 0 Å². The molecular weight excluding hydrogens is 250 g/mol. The summed E-state index contributed by atoms with van der Waals surface area (Å²) in [5, 5.41) is 3.41. The molecule has 2 aliphatic heterocycles. The third-order valence-electron chi connectivity index (χ3n) is 5.99. The molecule has 2 heterocycles. The third-order valence-corrected chi connectivity index (χ3v) is 5.99. The molecule has 1 saturated carbocycles. The molecule has 1 amide bonds. The number of likely N-dealkylation sites (tertiary alicyclic amines) is 1. The highest BCUT2D eigenvalue weighted by Gasteiger charge is 2.58. The van der Waals surface area contributed by atoms with Gasteiger partial charge in [-0.15, -0.1) is 0 Å². The standard InChI is InChI=1S/C16H29N3O/c1-3-19-10-4-13(5-11-19)18(2)15(20)14-12-16(14)6-8-17-9-7-16/h13-14,17H,3-12H2,1-2H3. The van der Waals surface area contributed by atoms with Gasteiger partial charge in [0.05, 0.1) is 0 Å². The van der Waals surface area contributed by atoms with Crippen LogP contribution < -0.4 is 5.32 Å². The second-order valence-corrected chi connectivity index (χ2v) is 6.98. The van der Waals surface area contributed by atoms with Crippen molar-refractivity contribution in [2.24, 2.45) is 11.3 Å². The topological polar surface area (TPSA) is 35.6 Å². The Hall–Kier alpha value is -0.610. The van der Waals surface area contributed by atoms with E-state index in [9.17, 15) is 4.79 Å². The van der Waals surface area contributed by atoms with E-state index in [1.165, 1.54) is 12.8 Å². The van der Waals surface area contributed by atoms with Gasteiger partial charge < -0.3 is 15.1 Å². The average molecular weight is 279 g/mol. The molecule has 1 spiro atoms. The number of carbonyl (C=O) groups excluding carboxylic acids is 1. The quantitative estimate of drug-likeness (QED) is 0.846. The largest absolute Gasteiger partial charge is 0.342 e. The minimum atomic E-state index is 0.332. The van der Waals surface area contributed by atoms with Crippen molar-refractivity contribution in [3.8, 4) is 0 Å². The fourth-order valence-electron chi connectivity index (χ4n) is 4.22. The molecule has 1 N–H and O–H groups in total. The van der Waals surface area contributed by atoms with Gasteiger partial charge in [0.2, 0.25) is 5.91 Å². The molecule has 0 radical (unpaired) electrons. The molecular formula is C16H29N3O. The molecule has 4 heteroatoms. The Bertz CT molecular complexity index is 357. The molecule has 0 aromatic heterocycles. The molecule has 3 aliphatic rings. The smallest absolute Gasteiger partial charge is 0.226 e. The number of nitrogens with one attached hydrogen (secondary N) is 1. The molecule has 3 rings (SSSR count). The maximum atomic E-state index is 12.7. The molecule has 3 fully saturated rings. The normalized spacial score (nSPS) is 30.4. The van der Waals surface area contributed by atoms with Crippen molar-refractivity contribution in [2.75, 3.05) is 39.8 Å². The second kappa shape index (κ2) is 5.64. The van der Waals surface area contributed by atoms with Crippen LogP contribution in [0.15, 0.2) is 0 Å². The maximum Gasteiger partial charge on any atom is 0.226 e. The lowest BCUT2D eigenvalue weighted by Gasteiger charge is -2.37. The molecule has 2 saturated heterocycles. The van der Waals surface area contributed by atoms with Crippen molar-refractivity contribution in [3.05, 3.63) is 0 Å². The van der Waals surface area contributed by atoms with Gasteiger partial charge in [-0.3, -0.25) is 4.79 Å². The van der Waals surface area contributed by atoms with E-state index >= 15 is 0 Å². The Kier molecular flexibility index (Phi) is 4.04. The SMILES string of the molecule is CCN1CCC(N(C)C(=O)C2CC23CCNCC3)CC1. The van der Waals surface area contributed by atoms with E-state index in [2.05, 4.69) is 22.0 Å². The lowest BCUT2D eigenvalue weighted by atomic mass is 9.91. The number of hydrogen-bond acceptors (Lipinski definition) is 3. The summed E-state index contributed by atoms with van der Waals surface area (Å²) in [5.74, 6) is 0.764. The molecule has 0 aromatic carbocycles. The summed E-state index contributed by atoms with van der Waals surface area (Å²) in [6, 6.07) is 0.477. The zero-order chi connectivity index (χ0) is 14.2.